The molecule has 2 heterocycles. The highest BCUT2D eigenvalue weighted by Crippen LogP contribution is 2.39. The molecule has 2 aromatic carbocycles. The van der Waals surface area contributed by atoms with Crippen LogP contribution in [0.15, 0.2) is 71.7 Å². The highest BCUT2D eigenvalue weighted by molar-refractivity contribution is 7.98. The molecule has 0 saturated carbocycles. The summed E-state index contributed by atoms with van der Waals surface area (Å²) in [5, 5.41) is 12.9. The van der Waals surface area contributed by atoms with Gasteiger partial charge in [0.1, 0.15) is 0 Å². The highest BCUT2D eigenvalue weighted by atomic mass is 35.5. The fourth-order valence-corrected chi connectivity index (χ4v) is 5.21. The quantitative estimate of drug-likeness (QED) is 0.216. The van der Waals surface area contributed by atoms with Gasteiger partial charge in [0.25, 0.3) is 0 Å². The van der Waals surface area contributed by atoms with E-state index in [2.05, 4.69) is 64.8 Å². The average Bonchev–Trinajstić information content (AvgIpc) is 3.32. The molecule has 0 fully saturated rings. The van der Waals surface area contributed by atoms with Gasteiger partial charge in [-0.3, -0.25) is 4.57 Å². The van der Waals surface area contributed by atoms with Crippen LogP contribution in [0.3, 0.4) is 0 Å². The van der Waals surface area contributed by atoms with Gasteiger partial charge in [-0.1, -0.05) is 71.4 Å². The topological polar surface area (TPSA) is 30.7 Å². The lowest BCUT2D eigenvalue weighted by atomic mass is 10.0. The summed E-state index contributed by atoms with van der Waals surface area (Å²) in [5.41, 5.74) is 6.01. The van der Waals surface area contributed by atoms with Gasteiger partial charge >= 0.3 is 0 Å². The molecule has 0 amide bonds. The Morgan fingerprint density at radius 1 is 1.07 bits per heavy atom. The lowest BCUT2D eigenvalue weighted by Crippen LogP contribution is -2.01. The molecule has 30 heavy (non-hydrogen) atoms. The summed E-state index contributed by atoms with van der Waals surface area (Å²) in [4.78, 5) is 1.28. The van der Waals surface area contributed by atoms with E-state index in [1.54, 1.807) is 23.1 Å². The first-order valence-electron chi connectivity index (χ1n) is 9.63. The second-order valence-corrected chi connectivity index (χ2v) is 9.53. The molecule has 0 aliphatic carbocycles. The lowest BCUT2D eigenvalue weighted by molar-refractivity contribution is 0.731. The minimum absolute atomic E-state index is 0.660. The Labute approximate surface area is 190 Å². The van der Waals surface area contributed by atoms with Gasteiger partial charge in [0, 0.05) is 38.7 Å². The summed E-state index contributed by atoms with van der Waals surface area (Å²) in [6.07, 6.45) is 1.89. The predicted molar refractivity (Wildman–Crippen MR) is 129 cm³/mol. The Kier molecular flexibility index (Phi) is 6.42. The normalized spacial score (nSPS) is 11.0. The molecule has 0 N–H and O–H groups in total. The molecule has 4 rings (SSSR count). The van der Waals surface area contributed by atoms with E-state index in [0.717, 1.165) is 27.3 Å². The van der Waals surface area contributed by atoms with Gasteiger partial charge in [-0.2, -0.15) is 0 Å². The first-order chi connectivity index (χ1) is 14.6. The van der Waals surface area contributed by atoms with Crippen molar-refractivity contribution in [2.24, 2.45) is 0 Å². The number of hydrogen-bond donors (Lipinski definition) is 0. The number of thiophene rings is 1. The van der Waals surface area contributed by atoms with Crippen molar-refractivity contribution < 1.29 is 0 Å². The predicted octanol–water partition coefficient (Wildman–Crippen LogP) is 7.42. The van der Waals surface area contributed by atoms with Crippen LogP contribution in [0, 0.1) is 13.8 Å². The number of thioether (sulfide) groups is 1. The van der Waals surface area contributed by atoms with E-state index in [1.165, 1.54) is 27.1 Å². The lowest BCUT2D eigenvalue weighted by Gasteiger charge is -2.10. The zero-order valence-electron chi connectivity index (χ0n) is 16.9. The molecule has 2 aromatic heterocycles. The van der Waals surface area contributed by atoms with Gasteiger partial charge in [0.15, 0.2) is 11.0 Å². The van der Waals surface area contributed by atoms with Crippen molar-refractivity contribution in [3.63, 3.8) is 0 Å². The van der Waals surface area contributed by atoms with Crippen LogP contribution in [-0.4, -0.2) is 14.8 Å². The number of nitrogens with zero attached hydrogens (tertiary/aromatic N) is 3. The van der Waals surface area contributed by atoms with Gasteiger partial charge in [0.05, 0.1) is 0 Å². The highest BCUT2D eigenvalue weighted by Gasteiger charge is 2.20. The molecular weight excluding hydrogens is 430 g/mol. The molecule has 0 radical (unpaired) electrons. The number of allylic oxidation sites excluding steroid dienone is 1. The minimum atomic E-state index is 0.660. The van der Waals surface area contributed by atoms with E-state index >= 15 is 0 Å². The summed E-state index contributed by atoms with van der Waals surface area (Å²) < 4.78 is 2.15. The van der Waals surface area contributed by atoms with Crippen LogP contribution in [0.1, 0.15) is 16.0 Å². The van der Waals surface area contributed by atoms with Crippen LogP contribution >= 0.6 is 34.7 Å². The molecule has 0 unspecified atom stereocenters. The molecule has 0 aliphatic rings. The maximum atomic E-state index is 6.00. The molecule has 3 nitrogen and oxygen atoms in total. The zero-order chi connectivity index (χ0) is 21.1. The summed E-state index contributed by atoms with van der Waals surface area (Å²) >= 11 is 9.42. The first-order valence-corrected chi connectivity index (χ1v) is 11.9. The van der Waals surface area contributed by atoms with Crippen molar-refractivity contribution in [2.75, 3.05) is 0 Å². The summed E-state index contributed by atoms with van der Waals surface area (Å²) in [7, 11) is 0. The molecule has 0 spiro atoms. The van der Waals surface area contributed by atoms with E-state index in [-0.39, 0.29) is 0 Å². The van der Waals surface area contributed by atoms with Crippen LogP contribution < -0.4 is 0 Å². The standard InChI is InChI=1S/C24H22ClN3S2/c1-4-13-28-23(26-27-24(28)30-14-18-7-11-20(25)12-8-18)21-15-29-17(3)22(21)19-9-5-16(2)6-10-19/h4-12,15H,1,13-14H2,2-3H3. The van der Waals surface area contributed by atoms with Crippen LogP contribution in [0.5, 0.6) is 0 Å². The number of rotatable bonds is 7. The number of hydrogen-bond acceptors (Lipinski definition) is 4. The van der Waals surface area contributed by atoms with Crippen LogP contribution in [-0.2, 0) is 12.3 Å². The molecule has 0 atom stereocenters. The van der Waals surface area contributed by atoms with Crippen molar-refractivity contribution in [1.29, 1.82) is 0 Å². The molecule has 152 valence electrons. The number of aromatic nitrogens is 3. The molecule has 0 bridgehead atoms. The Morgan fingerprint density at radius 2 is 1.80 bits per heavy atom. The van der Waals surface area contributed by atoms with Gasteiger partial charge in [-0.05, 0) is 37.1 Å². The van der Waals surface area contributed by atoms with E-state index in [4.69, 9.17) is 11.6 Å². The fourth-order valence-electron chi connectivity index (χ4n) is 3.32. The number of benzene rings is 2. The van der Waals surface area contributed by atoms with Crippen molar-refractivity contribution in [3.05, 3.63) is 87.6 Å². The minimum Gasteiger partial charge on any atom is -0.298 e. The van der Waals surface area contributed by atoms with Crippen LogP contribution in [0.25, 0.3) is 22.5 Å². The fraction of sp³-hybridized carbons (Fsp3) is 0.167. The van der Waals surface area contributed by atoms with Crippen LogP contribution in [0.4, 0.5) is 0 Å². The smallest absolute Gasteiger partial charge is 0.192 e. The van der Waals surface area contributed by atoms with Crippen LogP contribution in [0.2, 0.25) is 5.02 Å². The van der Waals surface area contributed by atoms with E-state index in [1.807, 2.05) is 30.3 Å². The monoisotopic (exact) mass is 451 g/mol. The van der Waals surface area contributed by atoms with Gasteiger partial charge in [-0.25, -0.2) is 0 Å². The van der Waals surface area contributed by atoms with Crippen molar-refractivity contribution in [1.82, 2.24) is 14.8 Å². The maximum Gasteiger partial charge on any atom is 0.192 e. The summed E-state index contributed by atoms with van der Waals surface area (Å²) in [6, 6.07) is 16.6. The first kappa shape index (κ1) is 20.9. The third-order valence-electron chi connectivity index (χ3n) is 4.87. The third-order valence-corrected chi connectivity index (χ3v) is 7.07. The Morgan fingerprint density at radius 3 is 2.50 bits per heavy atom. The molecule has 0 saturated heterocycles. The van der Waals surface area contributed by atoms with Crippen molar-refractivity contribution in [2.45, 2.75) is 31.3 Å². The molecule has 6 heteroatoms. The van der Waals surface area contributed by atoms with E-state index < -0.39 is 0 Å². The Bertz CT molecular complexity index is 1160. The molecule has 4 aromatic rings. The largest absolute Gasteiger partial charge is 0.298 e. The summed E-state index contributed by atoms with van der Waals surface area (Å²) in [5.74, 6) is 1.69. The van der Waals surface area contributed by atoms with Gasteiger partial charge < -0.3 is 0 Å². The van der Waals surface area contributed by atoms with Gasteiger partial charge in [0.2, 0.25) is 0 Å². The van der Waals surface area contributed by atoms with E-state index in [0.29, 0.717) is 6.54 Å². The van der Waals surface area contributed by atoms with Gasteiger partial charge in [-0.15, -0.1) is 28.1 Å². The SMILES string of the molecule is C=CCn1c(SCc2ccc(Cl)cc2)nnc1-c1csc(C)c1-c1ccc(C)cc1. The second kappa shape index (κ2) is 9.21. The van der Waals surface area contributed by atoms with E-state index in [9.17, 15) is 0 Å². The maximum absolute atomic E-state index is 6.00. The Hall–Kier alpha value is -2.34. The number of aryl methyl sites for hydroxylation is 2. The third kappa shape index (κ3) is 4.38. The number of halogens is 1. The zero-order valence-corrected chi connectivity index (χ0v) is 19.3. The average molecular weight is 452 g/mol. The van der Waals surface area contributed by atoms with Crippen molar-refractivity contribution >= 4 is 34.7 Å². The summed E-state index contributed by atoms with van der Waals surface area (Å²) in [6.45, 7) is 8.87. The Balaban J connectivity index is 1.69. The molecular formula is C24H22ClN3S2. The molecule has 0 aliphatic heterocycles. The second-order valence-electron chi connectivity index (χ2n) is 7.07. The van der Waals surface area contributed by atoms with Crippen molar-refractivity contribution in [3.8, 4) is 22.5 Å².